The van der Waals surface area contributed by atoms with Gasteiger partial charge in [-0.05, 0) is 23.6 Å². The van der Waals surface area contributed by atoms with E-state index < -0.39 is 5.41 Å². The van der Waals surface area contributed by atoms with Crippen LogP contribution in [0, 0.1) is 0 Å². The Hall–Kier alpha value is -1.97. The minimum Gasteiger partial charge on any atom is -0.392 e. The molecule has 3 nitrogen and oxygen atoms in total. The molecule has 2 aromatic carbocycles. The summed E-state index contributed by atoms with van der Waals surface area (Å²) in [5.74, 6) is 0.375. The van der Waals surface area contributed by atoms with Gasteiger partial charge in [-0.15, -0.1) is 0 Å². The highest BCUT2D eigenvalue weighted by molar-refractivity contribution is 5.96. The molecule has 2 bridgehead atoms. The molecule has 2 aromatic rings. The van der Waals surface area contributed by atoms with E-state index in [4.69, 9.17) is 0 Å². The molecule has 1 N–H and O–H groups in total. The Morgan fingerprint density at radius 1 is 1.16 bits per heavy atom. The Labute approximate surface area is 149 Å². The molecule has 4 rings (SSSR count). The maximum Gasteiger partial charge on any atom is 0.200 e. The Bertz CT molecular complexity index is 816. The highest BCUT2D eigenvalue weighted by atomic mass is 16.3. The topological polar surface area (TPSA) is 37.3 Å². The monoisotopic (exact) mass is 336 g/mol. The minimum absolute atomic E-state index is 0.0198. The van der Waals surface area contributed by atoms with Gasteiger partial charge >= 0.3 is 0 Å². The first kappa shape index (κ1) is 16.5. The quantitative estimate of drug-likeness (QED) is 0.875. The lowest BCUT2D eigenvalue weighted by molar-refractivity contribution is -0.941. The minimum atomic E-state index is -0.405. The molecule has 1 aliphatic carbocycles. The van der Waals surface area contributed by atoms with Crippen molar-refractivity contribution in [3.8, 4) is 0 Å². The number of hydrogen-bond donors (Lipinski definition) is 1. The number of piperidine rings is 1. The molecule has 0 saturated carbocycles. The van der Waals surface area contributed by atoms with Crippen molar-refractivity contribution in [1.29, 1.82) is 0 Å². The van der Waals surface area contributed by atoms with Gasteiger partial charge in [-0.2, -0.15) is 0 Å². The normalized spacial score (nSPS) is 30.8. The standard InChI is InChI=1S/C22H26NO2/c1-22-10-11-23(2,14-16-6-4-3-5-7-16)20(21(22)25)13-18-9-8-17(15-24)12-19(18)22/h3-9,12,20,24H,10-11,13-15H2,1-2H3/q+1/t20-,22+,23?/m1/s1. The van der Waals surface area contributed by atoms with Crippen LogP contribution in [0.3, 0.4) is 0 Å². The Morgan fingerprint density at radius 3 is 2.64 bits per heavy atom. The average Bonchev–Trinajstić information content (AvgIpc) is 2.62. The van der Waals surface area contributed by atoms with Crippen LogP contribution >= 0.6 is 0 Å². The summed E-state index contributed by atoms with van der Waals surface area (Å²) in [5, 5.41) is 9.47. The Kier molecular flexibility index (Phi) is 3.82. The van der Waals surface area contributed by atoms with Crippen molar-refractivity contribution in [1.82, 2.24) is 0 Å². The zero-order chi connectivity index (χ0) is 17.7. The number of carbonyl (C=O) groups excluding carboxylic acids is 1. The van der Waals surface area contributed by atoms with Gasteiger partial charge in [-0.25, -0.2) is 0 Å². The molecular weight excluding hydrogens is 310 g/mol. The molecule has 1 unspecified atom stereocenters. The number of benzene rings is 2. The van der Waals surface area contributed by atoms with Crippen molar-refractivity contribution in [3.05, 3.63) is 70.8 Å². The second-order valence-corrected chi connectivity index (χ2v) is 8.16. The summed E-state index contributed by atoms with van der Waals surface area (Å²) in [7, 11) is 2.24. The van der Waals surface area contributed by atoms with Crippen molar-refractivity contribution in [2.45, 2.75) is 44.4 Å². The molecular formula is C22H26NO2+. The summed E-state index contributed by atoms with van der Waals surface area (Å²) >= 11 is 0. The molecule has 1 fully saturated rings. The van der Waals surface area contributed by atoms with E-state index in [0.717, 1.165) is 41.5 Å². The molecule has 25 heavy (non-hydrogen) atoms. The third-order valence-corrected chi connectivity index (χ3v) is 6.47. The number of rotatable bonds is 3. The van der Waals surface area contributed by atoms with E-state index in [1.165, 1.54) is 11.1 Å². The van der Waals surface area contributed by atoms with Crippen LogP contribution in [0.2, 0.25) is 0 Å². The number of aliphatic hydroxyl groups excluding tert-OH is 1. The number of nitrogens with zero attached hydrogens (tertiary/aromatic N) is 1. The lowest BCUT2D eigenvalue weighted by atomic mass is 9.63. The highest BCUT2D eigenvalue weighted by Gasteiger charge is 2.56. The summed E-state index contributed by atoms with van der Waals surface area (Å²) in [6.45, 7) is 4.04. The first-order chi connectivity index (χ1) is 12.0. The summed E-state index contributed by atoms with van der Waals surface area (Å²) in [5.41, 5.74) is 4.21. The largest absolute Gasteiger partial charge is 0.392 e. The maximum absolute atomic E-state index is 13.4. The van der Waals surface area contributed by atoms with E-state index in [1.54, 1.807) is 0 Å². The molecule has 2 aliphatic rings. The van der Waals surface area contributed by atoms with E-state index >= 15 is 0 Å². The SMILES string of the molecule is C[C@]12CC[N+](C)(Cc3ccccc3)[C@H](Cc3ccc(CO)cc31)C2=O. The smallest absolute Gasteiger partial charge is 0.200 e. The van der Waals surface area contributed by atoms with Gasteiger partial charge in [0.05, 0.1) is 25.6 Å². The average molecular weight is 336 g/mol. The molecule has 3 heteroatoms. The zero-order valence-corrected chi connectivity index (χ0v) is 15.0. The number of likely N-dealkylation sites (N-methyl/N-ethyl adjacent to an activating group) is 1. The van der Waals surface area contributed by atoms with Crippen molar-refractivity contribution >= 4 is 5.78 Å². The number of carbonyl (C=O) groups is 1. The van der Waals surface area contributed by atoms with Crippen molar-refractivity contribution in [3.63, 3.8) is 0 Å². The highest BCUT2D eigenvalue weighted by Crippen LogP contribution is 2.45. The fourth-order valence-corrected chi connectivity index (χ4v) is 4.80. The van der Waals surface area contributed by atoms with Gasteiger partial charge in [0.25, 0.3) is 0 Å². The van der Waals surface area contributed by atoms with Crippen LogP contribution < -0.4 is 0 Å². The van der Waals surface area contributed by atoms with E-state index in [2.05, 4.69) is 50.4 Å². The first-order valence-corrected chi connectivity index (χ1v) is 9.12. The third kappa shape index (κ3) is 2.54. The summed E-state index contributed by atoms with van der Waals surface area (Å²) in [4.78, 5) is 13.4. The lowest BCUT2D eigenvalue weighted by Gasteiger charge is -2.52. The van der Waals surface area contributed by atoms with E-state index in [0.29, 0.717) is 5.78 Å². The molecule has 0 radical (unpaired) electrons. The molecule has 1 aliphatic heterocycles. The van der Waals surface area contributed by atoms with Crippen molar-refractivity contribution < 1.29 is 14.4 Å². The molecule has 130 valence electrons. The molecule has 0 aromatic heterocycles. The number of fused-ring (bicyclic) bond motifs is 4. The predicted molar refractivity (Wildman–Crippen MR) is 98.0 cm³/mol. The van der Waals surface area contributed by atoms with Crippen molar-refractivity contribution in [2.24, 2.45) is 0 Å². The summed E-state index contributed by atoms with van der Waals surface area (Å²) in [6, 6.07) is 16.7. The number of hydrogen-bond acceptors (Lipinski definition) is 2. The van der Waals surface area contributed by atoms with Crippen molar-refractivity contribution in [2.75, 3.05) is 13.6 Å². The molecule has 1 saturated heterocycles. The van der Waals surface area contributed by atoms with E-state index in [1.807, 2.05) is 12.1 Å². The van der Waals surface area contributed by atoms with Gasteiger partial charge in [0.2, 0.25) is 5.78 Å². The van der Waals surface area contributed by atoms with E-state index in [-0.39, 0.29) is 12.6 Å². The molecule has 0 spiro atoms. The van der Waals surface area contributed by atoms with Gasteiger partial charge < -0.3 is 9.59 Å². The number of ketones is 1. The number of Topliss-reactive ketones (excluding diaryl/α,β-unsaturated/α-hetero) is 1. The third-order valence-electron chi connectivity index (χ3n) is 6.47. The second-order valence-electron chi connectivity index (χ2n) is 8.16. The fraction of sp³-hybridized carbons (Fsp3) is 0.409. The van der Waals surface area contributed by atoms with Crippen LogP contribution in [-0.2, 0) is 29.8 Å². The van der Waals surface area contributed by atoms with E-state index in [9.17, 15) is 9.90 Å². The Morgan fingerprint density at radius 2 is 1.92 bits per heavy atom. The van der Waals surface area contributed by atoms with Gasteiger partial charge in [0.15, 0.2) is 6.04 Å². The molecule has 3 atom stereocenters. The van der Waals surface area contributed by atoms with Gasteiger partial charge in [0.1, 0.15) is 6.54 Å². The van der Waals surface area contributed by atoms with Gasteiger partial charge in [-0.1, -0.05) is 48.5 Å². The van der Waals surface area contributed by atoms with Gasteiger partial charge in [0, 0.05) is 18.4 Å². The Balaban J connectivity index is 1.73. The fourth-order valence-electron chi connectivity index (χ4n) is 4.80. The van der Waals surface area contributed by atoms with Crippen LogP contribution in [0.5, 0.6) is 0 Å². The van der Waals surface area contributed by atoms with Crippen LogP contribution in [0.4, 0.5) is 0 Å². The second kappa shape index (κ2) is 5.79. The molecule has 0 amide bonds. The van der Waals surface area contributed by atoms with Crippen LogP contribution in [-0.4, -0.2) is 35.0 Å². The van der Waals surface area contributed by atoms with Crippen LogP contribution in [0.25, 0.3) is 0 Å². The predicted octanol–water partition coefficient (Wildman–Crippen LogP) is 2.98. The number of quaternary nitrogens is 1. The molecule has 1 heterocycles. The first-order valence-electron chi connectivity index (χ1n) is 9.12. The zero-order valence-electron chi connectivity index (χ0n) is 15.0. The number of likely N-dealkylation sites (tertiary alicyclic amines) is 1. The maximum atomic E-state index is 13.4. The summed E-state index contributed by atoms with van der Waals surface area (Å²) < 4.78 is 0.791. The van der Waals surface area contributed by atoms with Crippen LogP contribution in [0.15, 0.2) is 48.5 Å². The lowest BCUT2D eigenvalue weighted by Crippen LogP contribution is -2.67. The van der Waals surface area contributed by atoms with Gasteiger partial charge in [-0.3, -0.25) is 4.79 Å². The number of aliphatic hydroxyl groups is 1. The van der Waals surface area contributed by atoms with Crippen LogP contribution in [0.1, 0.15) is 35.6 Å². The summed E-state index contributed by atoms with van der Waals surface area (Å²) in [6.07, 6.45) is 1.67.